The zero-order valence-corrected chi connectivity index (χ0v) is 12.8. The molecule has 0 fully saturated rings. The second-order valence-corrected chi connectivity index (χ2v) is 5.94. The zero-order valence-electron chi connectivity index (χ0n) is 12.0. The Bertz CT molecular complexity index is 771. The number of rotatable bonds is 4. The summed E-state index contributed by atoms with van der Waals surface area (Å²) in [4.78, 5) is 25.5. The lowest BCUT2D eigenvalue weighted by atomic mass is 10.1. The number of nitrogens with zero attached hydrogens (tertiary/aromatic N) is 3. The van der Waals surface area contributed by atoms with Crippen LogP contribution < -0.4 is 5.32 Å². The fourth-order valence-electron chi connectivity index (χ4n) is 2.05. The summed E-state index contributed by atoms with van der Waals surface area (Å²) in [6.07, 6.45) is 4.47. The first-order chi connectivity index (χ1) is 10.7. The van der Waals surface area contributed by atoms with Crippen molar-refractivity contribution in [2.45, 2.75) is 13.5 Å². The molecule has 1 aromatic carbocycles. The maximum Gasteiger partial charge on any atom is 0.271 e. The Labute approximate surface area is 132 Å². The minimum absolute atomic E-state index is 0.248. The van der Waals surface area contributed by atoms with Crippen molar-refractivity contribution in [1.82, 2.24) is 20.3 Å². The number of carbonyl (C=O) groups excluding carboxylic acids is 1. The van der Waals surface area contributed by atoms with Crippen LogP contribution in [0.15, 0.2) is 48.9 Å². The molecule has 5 nitrogen and oxygen atoms in total. The molecule has 0 bridgehead atoms. The molecule has 0 saturated carbocycles. The van der Waals surface area contributed by atoms with Gasteiger partial charge in [-0.25, -0.2) is 9.97 Å². The average molecular weight is 310 g/mol. The largest absolute Gasteiger partial charge is 0.344 e. The van der Waals surface area contributed by atoms with Gasteiger partial charge in [-0.15, -0.1) is 11.3 Å². The molecule has 110 valence electrons. The smallest absolute Gasteiger partial charge is 0.271 e. The van der Waals surface area contributed by atoms with Crippen LogP contribution in [0, 0.1) is 6.92 Å². The van der Waals surface area contributed by atoms with Gasteiger partial charge in [0.15, 0.2) is 0 Å². The van der Waals surface area contributed by atoms with Gasteiger partial charge in [0, 0.05) is 22.8 Å². The number of benzene rings is 1. The molecule has 0 aliphatic rings. The van der Waals surface area contributed by atoms with E-state index in [1.54, 1.807) is 11.3 Å². The van der Waals surface area contributed by atoms with Crippen LogP contribution in [-0.2, 0) is 6.54 Å². The van der Waals surface area contributed by atoms with Crippen LogP contribution in [0.4, 0.5) is 0 Å². The SMILES string of the molecule is Cc1sc(CNC(=O)c2cnccn2)nc1-c1ccccc1. The first-order valence-corrected chi connectivity index (χ1v) is 7.61. The summed E-state index contributed by atoms with van der Waals surface area (Å²) in [6.45, 7) is 2.42. The maximum absolute atomic E-state index is 11.9. The predicted octanol–water partition coefficient (Wildman–Crippen LogP) is 2.84. The van der Waals surface area contributed by atoms with Crippen LogP contribution in [0.25, 0.3) is 11.3 Å². The van der Waals surface area contributed by atoms with Crippen molar-refractivity contribution < 1.29 is 4.79 Å². The third-order valence-electron chi connectivity index (χ3n) is 3.08. The Balaban J connectivity index is 1.71. The number of carbonyl (C=O) groups is 1. The Morgan fingerprint density at radius 1 is 1.23 bits per heavy atom. The van der Waals surface area contributed by atoms with E-state index in [0.717, 1.165) is 21.1 Å². The van der Waals surface area contributed by atoms with Crippen molar-refractivity contribution in [2.24, 2.45) is 0 Å². The van der Waals surface area contributed by atoms with E-state index >= 15 is 0 Å². The van der Waals surface area contributed by atoms with E-state index in [9.17, 15) is 4.79 Å². The number of thiazole rings is 1. The standard InChI is InChI=1S/C16H14N4OS/c1-11-15(12-5-3-2-4-6-12)20-14(22-11)10-19-16(21)13-9-17-7-8-18-13/h2-9H,10H2,1H3,(H,19,21). The molecule has 2 heterocycles. The Morgan fingerprint density at radius 2 is 2.05 bits per heavy atom. The number of aryl methyl sites for hydroxylation is 1. The lowest BCUT2D eigenvalue weighted by Gasteiger charge is -2.01. The van der Waals surface area contributed by atoms with Gasteiger partial charge in [-0.1, -0.05) is 30.3 Å². The van der Waals surface area contributed by atoms with Gasteiger partial charge in [-0.2, -0.15) is 0 Å². The number of aromatic nitrogens is 3. The molecule has 2 aromatic heterocycles. The van der Waals surface area contributed by atoms with Crippen molar-refractivity contribution in [2.75, 3.05) is 0 Å². The summed E-state index contributed by atoms with van der Waals surface area (Å²) in [7, 11) is 0. The third kappa shape index (κ3) is 3.17. The van der Waals surface area contributed by atoms with Gasteiger partial charge in [-0.05, 0) is 6.92 Å². The van der Waals surface area contributed by atoms with Crippen LogP contribution in [-0.4, -0.2) is 20.9 Å². The first kappa shape index (κ1) is 14.3. The van der Waals surface area contributed by atoms with E-state index in [0.29, 0.717) is 12.2 Å². The minimum Gasteiger partial charge on any atom is -0.344 e. The predicted molar refractivity (Wildman–Crippen MR) is 85.5 cm³/mol. The van der Waals surface area contributed by atoms with Gasteiger partial charge < -0.3 is 5.32 Å². The van der Waals surface area contributed by atoms with Crippen molar-refractivity contribution >= 4 is 17.2 Å². The monoisotopic (exact) mass is 310 g/mol. The summed E-state index contributed by atoms with van der Waals surface area (Å²) in [5.74, 6) is -0.248. The molecule has 0 spiro atoms. The number of hydrogen-bond donors (Lipinski definition) is 1. The Morgan fingerprint density at radius 3 is 2.77 bits per heavy atom. The van der Waals surface area contributed by atoms with E-state index in [-0.39, 0.29) is 5.91 Å². The normalized spacial score (nSPS) is 10.4. The molecule has 0 saturated heterocycles. The lowest BCUT2D eigenvalue weighted by molar-refractivity contribution is 0.0945. The van der Waals surface area contributed by atoms with E-state index in [1.807, 2.05) is 37.3 Å². The Hall–Kier alpha value is -2.60. The second-order valence-electron chi connectivity index (χ2n) is 4.65. The fraction of sp³-hybridized carbons (Fsp3) is 0.125. The second kappa shape index (κ2) is 6.44. The van der Waals surface area contributed by atoms with Gasteiger partial charge in [-0.3, -0.25) is 9.78 Å². The molecule has 0 unspecified atom stereocenters. The number of amides is 1. The average Bonchev–Trinajstić information content (AvgIpc) is 2.95. The van der Waals surface area contributed by atoms with Crippen LogP contribution >= 0.6 is 11.3 Å². The van der Waals surface area contributed by atoms with Crippen molar-refractivity contribution in [3.05, 3.63) is 64.5 Å². The van der Waals surface area contributed by atoms with Gasteiger partial charge in [0.25, 0.3) is 5.91 Å². The van der Waals surface area contributed by atoms with Gasteiger partial charge in [0.05, 0.1) is 18.4 Å². The minimum atomic E-state index is -0.248. The molecule has 3 rings (SSSR count). The quantitative estimate of drug-likeness (QED) is 0.804. The van der Waals surface area contributed by atoms with Crippen molar-refractivity contribution in [3.63, 3.8) is 0 Å². The van der Waals surface area contributed by atoms with E-state index < -0.39 is 0 Å². The highest BCUT2D eigenvalue weighted by atomic mass is 32.1. The molecule has 0 aliphatic carbocycles. The molecule has 22 heavy (non-hydrogen) atoms. The van der Waals surface area contributed by atoms with Crippen molar-refractivity contribution in [3.8, 4) is 11.3 Å². The molecule has 1 amide bonds. The topological polar surface area (TPSA) is 67.8 Å². The summed E-state index contributed by atoms with van der Waals surface area (Å²) in [5, 5.41) is 3.68. The van der Waals surface area contributed by atoms with E-state index in [1.165, 1.54) is 18.6 Å². The van der Waals surface area contributed by atoms with Crippen LogP contribution in [0.1, 0.15) is 20.4 Å². The molecular formula is C16H14N4OS. The fourth-order valence-corrected chi connectivity index (χ4v) is 2.95. The highest BCUT2D eigenvalue weighted by molar-refractivity contribution is 7.12. The molecule has 0 radical (unpaired) electrons. The summed E-state index contributed by atoms with van der Waals surface area (Å²) < 4.78 is 0. The molecule has 3 aromatic rings. The van der Waals surface area contributed by atoms with Gasteiger partial charge >= 0.3 is 0 Å². The highest BCUT2D eigenvalue weighted by Crippen LogP contribution is 2.27. The van der Waals surface area contributed by atoms with Gasteiger partial charge in [0.2, 0.25) is 0 Å². The molecule has 6 heteroatoms. The van der Waals surface area contributed by atoms with E-state index in [4.69, 9.17) is 0 Å². The zero-order chi connectivity index (χ0) is 15.4. The molecule has 0 atom stereocenters. The highest BCUT2D eigenvalue weighted by Gasteiger charge is 2.11. The number of hydrogen-bond acceptors (Lipinski definition) is 5. The summed E-state index contributed by atoms with van der Waals surface area (Å²) in [6, 6.07) is 10.0. The van der Waals surface area contributed by atoms with Crippen molar-refractivity contribution in [1.29, 1.82) is 0 Å². The van der Waals surface area contributed by atoms with Crippen LogP contribution in [0.2, 0.25) is 0 Å². The summed E-state index contributed by atoms with van der Waals surface area (Å²) in [5.41, 5.74) is 2.36. The molecule has 0 aliphatic heterocycles. The number of nitrogens with one attached hydrogen (secondary N) is 1. The Kier molecular flexibility index (Phi) is 4.20. The van der Waals surface area contributed by atoms with Crippen LogP contribution in [0.5, 0.6) is 0 Å². The van der Waals surface area contributed by atoms with Gasteiger partial charge in [0.1, 0.15) is 10.7 Å². The van der Waals surface area contributed by atoms with E-state index in [2.05, 4.69) is 20.3 Å². The molecular weight excluding hydrogens is 296 g/mol. The maximum atomic E-state index is 11.9. The first-order valence-electron chi connectivity index (χ1n) is 6.80. The lowest BCUT2D eigenvalue weighted by Crippen LogP contribution is -2.23. The summed E-state index contributed by atoms with van der Waals surface area (Å²) >= 11 is 1.58. The van der Waals surface area contributed by atoms with Crippen LogP contribution in [0.3, 0.4) is 0 Å². The molecule has 1 N–H and O–H groups in total. The third-order valence-corrected chi connectivity index (χ3v) is 4.05.